The van der Waals surface area contributed by atoms with Crippen molar-refractivity contribution in [2.75, 3.05) is 5.73 Å². The number of rotatable bonds is 0. The van der Waals surface area contributed by atoms with E-state index in [9.17, 15) is 0 Å². The zero-order valence-corrected chi connectivity index (χ0v) is 9.11. The lowest BCUT2D eigenvalue weighted by atomic mass is 10.3. The number of aromatic amines is 1. The highest BCUT2D eigenvalue weighted by Gasteiger charge is 2.04. The zero-order chi connectivity index (χ0) is 8.72. The van der Waals surface area contributed by atoms with Crippen LogP contribution in [0.25, 0.3) is 11.0 Å². The first-order valence-corrected chi connectivity index (χ1v) is 4.85. The van der Waals surface area contributed by atoms with E-state index in [1.807, 2.05) is 12.1 Å². The van der Waals surface area contributed by atoms with E-state index in [0.29, 0.717) is 5.95 Å². The molecular weight excluding hydrogens is 286 g/mol. The lowest BCUT2D eigenvalue weighted by Gasteiger charge is -1.93. The predicted molar refractivity (Wildman–Crippen MR) is 55.9 cm³/mol. The van der Waals surface area contributed by atoms with Crippen LogP contribution in [0.4, 0.5) is 5.95 Å². The zero-order valence-electron chi connectivity index (χ0n) is 5.94. The highest BCUT2D eigenvalue weighted by molar-refractivity contribution is 9.11. The Bertz CT molecular complexity index is 435. The number of anilines is 1. The quantitative estimate of drug-likeness (QED) is 0.784. The Hall–Kier alpha value is -0.550. The summed E-state index contributed by atoms with van der Waals surface area (Å²) in [5.41, 5.74) is 7.29. The van der Waals surface area contributed by atoms with Gasteiger partial charge in [0.2, 0.25) is 0 Å². The molecule has 1 aromatic heterocycles. The fourth-order valence-electron chi connectivity index (χ4n) is 1.06. The van der Waals surface area contributed by atoms with Crippen LogP contribution in [0.15, 0.2) is 21.1 Å². The number of nitrogens with zero attached hydrogens (tertiary/aromatic N) is 1. The molecule has 0 unspecified atom stereocenters. The molecular formula is C7H5Br2N3. The fourth-order valence-corrected chi connectivity index (χ4v) is 2.38. The summed E-state index contributed by atoms with van der Waals surface area (Å²) in [6.07, 6.45) is 0. The molecule has 0 aliphatic carbocycles. The van der Waals surface area contributed by atoms with Gasteiger partial charge in [0.15, 0.2) is 5.95 Å². The summed E-state index contributed by atoms with van der Waals surface area (Å²) in [6.45, 7) is 0. The third-order valence-electron chi connectivity index (χ3n) is 1.52. The van der Waals surface area contributed by atoms with Crippen molar-refractivity contribution in [3.63, 3.8) is 0 Å². The minimum Gasteiger partial charge on any atom is -0.369 e. The number of hydrogen-bond acceptors (Lipinski definition) is 2. The highest BCUT2D eigenvalue weighted by Crippen LogP contribution is 2.26. The summed E-state index contributed by atoms with van der Waals surface area (Å²) in [5.74, 6) is 0.434. The van der Waals surface area contributed by atoms with E-state index in [0.717, 1.165) is 20.0 Å². The van der Waals surface area contributed by atoms with Crippen molar-refractivity contribution in [3.8, 4) is 0 Å². The normalized spacial score (nSPS) is 10.8. The van der Waals surface area contributed by atoms with Crippen LogP contribution in [0.5, 0.6) is 0 Å². The second-order valence-electron chi connectivity index (χ2n) is 2.41. The fraction of sp³-hybridized carbons (Fsp3) is 0. The Morgan fingerprint density at radius 3 is 2.83 bits per heavy atom. The van der Waals surface area contributed by atoms with Crippen LogP contribution in [0, 0.1) is 0 Å². The molecule has 0 atom stereocenters. The number of benzene rings is 1. The third kappa shape index (κ3) is 1.23. The molecule has 0 aliphatic heterocycles. The van der Waals surface area contributed by atoms with E-state index in [4.69, 9.17) is 5.73 Å². The summed E-state index contributed by atoms with van der Waals surface area (Å²) in [5, 5.41) is 0. The Morgan fingerprint density at radius 1 is 1.33 bits per heavy atom. The number of nitrogens with one attached hydrogen (secondary N) is 1. The number of fused-ring (bicyclic) bond motifs is 1. The summed E-state index contributed by atoms with van der Waals surface area (Å²) >= 11 is 6.77. The lowest BCUT2D eigenvalue weighted by Crippen LogP contribution is -1.84. The first-order chi connectivity index (χ1) is 5.66. The van der Waals surface area contributed by atoms with E-state index < -0.39 is 0 Å². The van der Waals surface area contributed by atoms with Crippen LogP contribution >= 0.6 is 31.9 Å². The lowest BCUT2D eigenvalue weighted by molar-refractivity contribution is 1.35. The van der Waals surface area contributed by atoms with Gasteiger partial charge in [-0.2, -0.15) is 0 Å². The molecule has 0 saturated heterocycles. The van der Waals surface area contributed by atoms with Crippen LogP contribution < -0.4 is 5.73 Å². The smallest absolute Gasteiger partial charge is 0.198 e. The van der Waals surface area contributed by atoms with Gasteiger partial charge in [-0.1, -0.05) is 15.9 Å². The minimum atomic E-state index is 0.434. The summed E-state index contributed by atoms with van der Waals surface area (Å²) < 4.78 is 1.92. The molecule has 0 saturated carbocycles. The van der Waals surface area contributed by atoms with Crippen molar-refractivity contribution in [1.82, 2.24) is 9.97 Å². The summed E-state index contributed by atoms with van der Waals surface area (Å²) in [7, 11) is 0. The van der Waals surface area contributed by atoms with E-state index >= 15 is 0 Å². The first kappa shape index (κ1) is 8.07. The minimum absolute atomic E-state index is 0.434. The van der Waals surface area contributed by atoms with Gasteiger partial charge in [-0.05, 0) is 28.1 Å². The molecule has 3 nitrogen and oxygen atoms in total. The molecule has 0 spiro atoms. The van der Waals surface area contributed by atoms with E-state index in [-0.39, 0.29) is 0 Å². The number of nitrogen functional groups attached to an aromatic ring is 1. The van der Waals surface area contributed by atoms with Gasteiger partial charge in [-0.15, -0.1) is 0 Å². The van der Waals surface area contributed by atoms with Crippen LogP contribution in [0.3, 0.4) is 0 Å². The van der Waals surface area contributed by atoms with Crippen molar-refractivity contribution < 1.29 is 0 Å². The molecule has 2 aromatic rings. The average molecular weight is 291 g/mol. The van der Waals surface area contributed by atoms with Crippen LogP contribution in [-0.4, -0.2) is 9.97 Å². The monoisotopic (exact) mass is 289 g/mol. The van der Waals surface area contributed by atoms with Gasteiger partial charge < -0.3 is 10.7 Å². The predicted octanol–water partition coefficient (Wildman–Crippen LogP) is 2.67. The summed E-state index contributed by atoms with van der Waals surface area (Å²) in [6, 6.07) is 3.87. The van der Waals surface area contributed by atoms with Gasteiger partial charge >= 0.3 is 0 Å². The number of hydrogen-bond donors (Lipinski definition) is 2. The molecule has 0 radical (unpaired) electrons. The first-order valence-electron chi connectivity index (χ1n) is 3.27. The molecule has 1 heterocycles. The largest absolute Gasteiger partial charge is 0.369 e. The van der Waals surface area contributed by atoms with E-state index in [1.165, 1.54) is 0 Å². The van der Waals surface area contributed by atoms with Crippen LogP contribution in [0.1, 0.15) is 0 Å². The highest BCUT2D eigenvalue weighted by atomic mass is 79.9. The maximum Gasteiger partial charge on any atom is 0.198 e. The Morgan fingerprint density at radius 2 is 2.08 bits per heavy atom. The topological polar surface area (TPSA) is 54.7 Å². The third-order valence-corrected chi connectivity index (χ3v) is 2.59. The number of aromatic nitrogens is 2. The standard InChI is InChI=1S/C7H5Br2N3/c8-3-1-4(9)6-5(2-3)11-7(10)12-6/h1-2H,(H3,10,11,12). The molecule has 5 heteroatoms. The molecule has 0 bridgehead atoms. The molecule has 0 aliphatic rings. The van der Waals surface area contributed by atoms with Crippen molar-refractivity contribution in [1.29, 1.82) is 0 Å². The number of imidazole rings is 1. The van der Waals surface area contributed by atoms with Crippen LogP contribution in [0.2, 0.25) is 0 Å². The second-order valence-corrected chi connectivity index (χ2v) is 4.18. The molecule has 62 valence electrons. The molecule has 0 amide bonds. The Labute approximate surface area is 85.6 Å². The van der Waals surface area contributed by atoms with Crippen LogP contribution in [-0.2, 0) is 0 Å². The molecule has 12 heavy (non-hydrogen) atoms. The summed E-state index contributed by atoms with van der Waals surface area (Å²) in [4.78, 5) is 7.06. The molecule has 2 rings (SSSR count). The SMILES string of the molecule is Nc1nc2c(Br)cc(Br)cc2[nH]1. The van der Waals surface area contributed by atoms with E-state index in [1.54, 1.807) is 0 Å². The average Bonchev–Trinajstić information content (AvgIpc) is 2.29. The number of nitrogens with two attached hydrogens (primary N) is 1. The van der Waals surface area contributed by atoms with Gasteiger partial charge in [0.25, 0.3) is 0 Å². The molecule has 1 aromatic carbocycles. The van der Waals surface area contributed by atoms with Crippen molar-refractivity contribution in [2.24, 2.45) is 0 Å². The number of H-pyrrole nitrogens is 1. The van der Waals surface area contributed by atoms with Crippen molar-refractivity contribution >= 4 is 48.8 Å². The maximum absolute atomic E-state index is 5.51. The Balaban J connectivity index is 2.88. The van der Waals surface area contributed by atoms with Crippen molar-refractivity contribution in [2.45, 2.75) is 0 Å². The van der Waals surface area contributed by atoms with Gasteiger partial charge in [-0.25, -0.2) is 4.98 Å². The van der Waals surface area contributed by atoms with E-state index in [2.05, 4.69) is 41.8 Å². The number of halogens is 2. The molecule has 3 N–H and O–H groups in total. The van der Waals surface area contributed by atoms with Crippen molar-refractivity contribution in [3.05, 3.63) is 21.1 Å². The van der Waals surface area contributed by atoms with Gasteiger partial charge in [0.05, 0.1) is 5.52 Å². The van der Waals surface area contributed by atoms with Gasteiger partial charge in [0.1, 0.15) is 5.52 Å². The maximum atomic E-state index is 5.51. The Kier molecular flexibility index (Phi) is 1.84. The second kappa shape index (κ2) is 2.74. The van der Waals surface area contributed by atoms with Gasteiger partial charge in [0, 0.05) is 8.95 Å². The molecule has 0 fully saturated rings. The van der Waals surface area contributed by atoms with Gasteiger partial charge in [-0.3, -0.25) is 0 Å².